The number of aromatic nitrogens is 3. The SMILES string of the molecule is Cc1nc(N[C@H](C)c2cccc(C(F)F)c2F)c2cc(OC3CCOC3)ncc2n1. The Hall–Kier alpha value is -2.94. The molecule has 1 aromatic carbocycles. The second-order valence-electron chi connectivity index (χ2n) is 7.18. The second kappa shape index (κ2) is 8.43. The number of pyridine rings is 1. The number of anilines is 1. The van der Waals surface area contributed by atoms with Gasteiger partial charge in [-0.1, -0.05) is 18.2 Å². The fourth-order valence-electron chi connectivity index (χ4n) is 3.43. The van der Waals surface area contributed by atoms with Gasteiger partial charge >= 0.3 is 0 Å². The Bertz CT molecular complexity index is 1060. The standard InChI is InChI=1S/C21H21F3N4O2/c1-11(14-4-3-5-15(19(14)22)20(23)24)26-21-16-8-18(30-13-6-7-29-10-13)25-9-17(16)27-12(2)28-21/h3-5,8-9,11,13,20H,6-7,10H2,1-2H3,(H,26,27,28)/t11-,13?/m1/s1. The molecule has 0 bridgehead atoms. The number of hydrogen-bond donors (Lipinski definition) is 1. The van der Waals surface area contributed by atoms with Gasteiger partial charge in [-0.05, 0) is 13.8 Å². The summed E-state index contributed by atoms with van der Waals surface area (Å²) in [7, 11) is 0. The van der Waals surface area contributed by atoms with Crippen molar-refractivity contribution < 1.29 is 22.6 Å². The third kappa shape index (κ3) is 4.16. The largest absolute Gasteiger partial charge is 0.472 e. The molecule has 0 spiro atoms. The minimum atomic E-state index is -2.88. The quantitative estimate of drug-likeness (QED) is 0.623. The third-order valence-corrected chi connectivity index (χ3v) is 4.96. The highest BCUT2D eigenvalue weighted by molar-refractivity contribution is 5.89. The van der Waals surface area contributed by atoms with Crippen molar-refractivity contribution in [2.45, 2.75) is 38.8 Å². The maximum absolute atomic E-state index is 14.6. The van der Waals surface area contributed by atoms with Crippen molar-refractivity contribution in [1.82, 2.24) is 15.0 Å². The Labute approximate surface area is 171 Å². The number of benzene rings is 1. The van der Waals surface area contributed by atoms with Gasteiger partial charge in [0.05, 0.1) is 36.5 Å². The zero-order valence-electron chi connectivity index (χ0n) is 16.5. The van der Waals surface area contributed by atoms with Gasteiger partial charge in [0.2, 0.25) is 5.88 Å². The fraction of sp³-hybridized carbons (Fsp3) is 0.381. The van der Waals surface area contributed by atoms with Gasteiger partial charge in [0.1, 0.15) is 23.6 Å². The molecule has 6 nitrogen and oxygen atoms in total. The Kier molecular flexibility index (Phi) is 5.72. The molecule has 158 valence electrons. The molecular formula is C21H21F3N4O2. The predicted molar refractivity (Wildman–Crippen MR) is 105 cm³/mol. The van der Waals surface area contributed by atoms with E-state index in [9.17, 15) is 13.2 Å². The third-order valence-electron chi connectivity index (χ3n) is 4.96. The number of halogens is 3. The van der Waals surface area contributed by atoms with E-state index in [0.717, 1.165) is 12.5 Å². The molecule has 1 aliphatic heterocycles. The van der Waals surface area contributed by atoms with Crippen molar-refractivity contribution in [1.29, 1.82) is 0 Å². The minimum absolute atomic E-state index is 0.0668. The van der Waals surface area contributed by atoms with Crippen molar-refractivity contribution in [2.75, 3.05) is 18.5 Å². The molecule has 3 heterocycles. The highest BCUT2D eigenvalue weighted by Gasteiger charge is 2.21. The van der Waals surface area contributed by atoms with Crippen LogP contribution in [0, 0.1) is 12.7 Å². The molecule has 1 saturated heterocycles. The lowest BCUT2D eigenvalue weighted by molar-refractivity contribution is 0.138. The van der Waals surface area contributed by atoms with Gasteiger partial charge < -0.3 is 14.8 Å². The molecule has 1 aliphatic rings. The summed E-state index contributed by atoms with van der Waals surface area (Å²) < 4.78 is 51.9. The molecule has 0 amide bonds. The van der Waals surface area contributed by atoms with Gasteiger partial charge in [0, 0.05) is 23.4 Å². The van der Waals surface area contributed by atoms with Crippen LogP contribution in [-0.4, -0.2) is 34.3 Å². The average molecular weight is 418 g/mol. The first-order chi connectivity index (χ1) is 14.4. The Morgan fingerprint density at radius 2 is 2.03 bits per heavy atom. The van der Waals surface area contributed by atoms with Crippen molar-refractivity contribution in [3.8, 4) is 5.88 Å². The second-order valence-corrected chi connectivity index (χ2v) is 7.18. The van der Waals surface area contributed by atoms with Crippen LogP contribution >= 0.6 is 0 Å². The molecule has 0 saturated carbocycles. The van der Waals surface area contributed by atoms with E-state index in [4.69, 9.17) is 9.47 Å². The van der Waals surface area contributed by atoms with Gasteiger partial charge in [0.15, 0.2) is 0 Å². The molecule has 1 unspecified atom stereocenters. The van der Waals surface area contributed by atoms with Crippen molar-refractivity contribution >= 4 is 16.7 Å². The Balaban J connectivity index is 1.66. The van der Waals surface area contributed by atoms with Crippen LogP contribution in [0.15, 0.2) is 30.5 Å². The average Bonchev–Trinajstić information content (AvgIpc) is 3.21. The number of aryl methyl sites for hydroxylation is 1. The number of ether oxygens (including phenoxy) is 2. The highest BCUT2D eigenvalue weighted by Crippen LogP contribution is 2.31. The number of rotatable bonds is 6. The fourth-order valence-corrected chi connectivity index (χ4v) is 3.43. The maximum Gasteiger partial charge on any atom is 0.266 e. The van der Waals surface area contributed by atoms with Gasteiger partial charge in [0.25, 0.3) is 6.43 Å². The predicted octanol–water partition coefficient (Wildman–Crippen LogP) is 4.75. The van der Waals surface area contributed by atoms with E-state index >= 15 is 0 Å². The molecule has 2 atom stereocenters. The number of alkyl halides is 2. The molecule has 0 radical (unpaired) electrons. The first-order valence-corrected chi connectivity index (χ1v) is 9.64. The molecular weight excluding hydrogens is 397 g/mol. The van der Waals surface area contributed by atoms with Crippen LogP contribution in [0.5, 0.6) is 5.88 Å². The molecule has 1 fully saturated rings. The zero-order chi connectivity index (χ0) is 21.3. The molecule has 9 heteroatoms. The number of nitrogens with one attached hydrogen (secondary N) is 1. The minimum Gasteiger partial charge on any atom is -0.472 e. The number of fused-ring (bicyclic) bond motifs is 1. The zero-order valence-corrected chi connectivity index (χ0v) is 16.5. The van der Waals surface area contributed by atoms with Gasteiger partial charge in [-0.15, -0.1) is 0 Å². The monoisotopic (exact) mass is 418 g/mol. The molecule has 0 aliphatic carbocycles. The molecule has 3 aromatic rings. The molecule has 4 rings (SSSR count). The summed E-state index contributed by atoms with van der Waals surface area (Å²) in [5, 5.41) is 3.77. The lowest BCUT2D eigenvalue weighted by Gasteiger charge is -2.19. The maximum atomic E-state index is 14.6. The summed E-state index contributed by atoms with van der Waals surface area (Å²) in [5.41, 5.74) is 0.100. The van der Waals surface area contributed by atoms with Crippen LogP contribution in [0.4, 0.5) is 19.0 Å². The number of nitrogens with zero attached hydrogens (tertiary/aromatic N) is 3. The number of hydrogen-bond acceptors (Lipinski definition) is 6. The van der Waals surface area contributed by atoms with Crippen LogP contribution in [0.2, 0.25) is 0 Å². The van der Waals surface area contributed by atoms with Crippen molar-refractivity contribution in [3.63, 3.8) is 0 Å². The van der Waals surface area contributed by atoms with Gasteiger partial charge in [-0.3, -0.25) is 0 Å². The van der Waals surface area contributed by atoms with Gasteiger partial charge in [-0.25, -0.2) is 28.1 Å². The van der Waals surface area contributed by atoms with Crippen LogP contribution in [0.3, 0.4) is 0 Å². The van der Waals surface area contributed by atoms with Gasteiger partial charge in [-0.2, -0.15) is 0 Å². The highest BCUT2D eigenvalue weighted by atomic mass is 19.3. The Morgan fingerprint density at radius 3 is 2.77 bits per heavy atom. The molecule has 30 heavy (non-hydrogen) atoms. The van der Waals surface area contributed by atoms with E-state index in [1.165, 1.54) is 12.1 Å². The first-order valence-electron chi connectivity index (χ1n) is 9.64. The topological polar surface area (TPSA) is 69.2 Å². The van der Waals surface area contributed by atoms with E-state index in [1.807, 2.05) is 0 Å². The summed E-state index contributed by atoms with van der Waals surface area (Å²) in [5.74, 6) is 0.432. The summed E-state index contributed by atoms with van der Waals surface area (Å²) >= 11 is 0. The summed E-state index contributed by atoms with van der Waals surface area (Å²) in [6.07, 6.45) is -0.581. The summed E-state index contributed by atoms with van der Waals surface area (Å²) in [4.78, 5) is 13.1. The molecule has 2 aromatic heterocycles. The van der Waals surface area contributed by atoms with Crippen LogP contribution in [0.1, 0.15) is 42.8 Å². The lowest BCUT2D eigenvalue weighted by atomic mass is 10.0. The normalized spacial score (nSPS) is 17.5. The van der Waals surface area contributed by atoms with Crippen LogP contribution in [-0.2, 0) is 4.74 Å². The summed E-state index contributed by atoms with van der Waals surface area (Å²) in [6, 6.07) is 5.09. The Morgan fingerprint density at radius 1 is 1.23 bits per heavy atom. The lowest BCUT2D eigenvalue weighted by Crippen LogP contribution is -2.16. The van der Waals surface area contributed by atoms with E-state index in [1.54, 1.807) is 26.1 Å². The first kappa shape index (κ1) is 20.3. The van der Waals surface area contributed by atoms with Crippen molar-refractivity contribution in [3.05, 3.63) is 53.2 Å². The van der Waals surface area contributed by atoms with Crippen LogP contribution in [0.25, 0.3) is 10.9 Å². The van der Waals surface area contributed by atoms with E-state index in [0.29, 0.717) is 41.6 Å². The van der Waals surface area contributed by atoms with E-state index in [2.05, 4.69) is 20.3 Å². The van der Waals surface area contributed by atoms with Crippen molar-refractivity contribution in [2.24, 2.45) is 0 Å². The molecule has 1 N–H and O–H groups in total. The smallest absolute Gasteiger partial charge is 0.266 e. The van der Waals surface area contributed by atoms with E-state index in [-0.39, 0.29) is 11.7 Å². The summed E-state index contributed by atoms with van der Waals surface area (Å²) in [6.45, 7) is 4.57. The van der Waals surface area contributed by atoms with Crippen LogP contribution < -0.4 is 10.1 Å². The van der Waals surface area contributed by atoms with E-state index < -0.39 is 23.8 Å².